The van der Waals surface area contributed by atoms with Crippen LogP contribution in [-0.4, -0.2) is 25.0 Å². The van der Waals surface area contributed by atoms with Gasteiger partial charge in [0.2, 0.25) is 5.28 Å². The van der Waals surface area contributed by atoms with Crippen LogP contribution in [0.4, 0.5) is 0 Å². The van der Waals surface area contributed by atoms with Gasteiger partial charge in [0.25, 0.3) is 0 Å². The van der Waals surface area contributed by atoms with E-state index >= 15 is 0 Å². The molecule has 2 aromatic rings. The van der Waals surface area contributed by atoms with Crippen molar-refractivity contribution in [2.75, 3.05) is 0 Å². The predicted octanol–water partition coefficient (Wildman–Crippen LogP) is 1.89. The summed E-state index contributed by atoms with van der Waals surface area (Å²) in [4.78, 5) is 14.6. The van der Waals surface area contributed by atoms with Crippen LogP contribution in [0.5, 0.6) is 0 Å². The quantitative estimate of drug-likeness (QED) is 0.596. The van der Waals surface area contributed by atoms with Gasteiger partial charge in [-0.25, -0.2) is 9.97 Å². The maximum Gasteiger partial charge on any atom is 0.225 e. The van der Waals surface area contributed by atoms with E-state index in [0.29, 0.717) is 17.0 Å². The van der Waals surface area contributed by atoms with Crippen LogP contribution in [-0.2, 0) is 5.60 Å². The fourth-order valence-corrected chi connectivity index (χ4v) is 1.55. The van der Waals surface area contributed by atoms with Gasteiger partial charge in [-0.05, 0) is 25.4 Å². The minimum absolute atomic E-state index is 0.0402. The van der Waals surface area contributed by atoms with Crippen LogP contribution in [0, 0.1) is 0 Å². The summed E-state index contributed by atoms with van der Waals surface area (Å²) < 4.78 is 0. The normalized spacial score (nSPS) is 12.3. The molecular formula is C8H8Cl2N4O. The highest BCUT2D eigenvalue weighted by Gasteiger charge is 2.22. The first-order chi connectivity index (χ1) is 6.88. The number of halogens is 2. The second-order valence-electron chi connectivity index (χ2n) is 3.63. The Morgan fingerprint density at radius 2 is 1.87 bits per heavy atom. The molecule has 0 unspecified atom stereocenters. The van der Waals surface area contributed by atoms with Crippen LogP contribution in [0.15, 0.2) is 0 Å². The molecule has 15 heavy (non-hydrogen) atoms. The topological polar surface area (TPSA) is 74.7 Å². The van der Waals surface area contributed by atoms with Gasteiger partial charge in [0.05, 0.1) is 0 Å². The zero-order chi connectivity index (χ0) is 11.2. The third-order valence-electron chi connectivity index (χ3n) is 1.85. The van der Waals surface area contributed by atoms with Crippen LogP contribution < -0.4 is 0 Å². The molecule has 7 heteroatoms. The fraction of sp³-hybridized carbons (Fsp3) is 0.375. The first-order valence-corrected chi connectivity index (χ1v) is 4.95. The minimum Gasteiger partial charge on any atom is -0.383 e. The Labute approximate surface area is 95.5 Å². The summed E-state index contributed by atoms with van der Waals surface area (Å²) in [6.07, 6.45) is 0. The van der Waals surface area contributed by atoms with Crippen LogP contribution >= 0.6 is 23.2 Å². The Balaban J connectivity index is 2.71. The van der Waals surface area contributed by atoms with Crippen molar-refractivity contribution < 1.29 is 5.11 Å². The lowest BCUT2D eigenvalue weighted by molar-refractivity contribution is 0.0700. The van der Waals surface area contributed by atoms with Crippen LogP contribution in [0.2, 0.25) is 10.4 Å². The summed E-state index contributed by atoms with van der Waals surface area (Å²) in [7, 11) is 0. The molecule has 5 nitrogen and oxygen atoms in total. The van der Waals surface area contributed by atoms with Gasteiger partial charge in [0, 0.05) is 0 Å². The molecule has 0 radical (unpaired) electrons. The molecule has 0 saturated carbocycles. The summed E-state index contributed by atoms with van der Waals surface area (Å²) in [6.45, 7) is 3.21. The number of rotatable bonds is 1. The van der Waals surface area contributed by atoms with Crippen LogP contribution in [0.3, 0.4) is 0 Å². The molecule has 0 aliphatic heterocycles. The number of hydrogen-bond acceptors (Lipinski definition) is 4. The number of nitrogens with zero attached hydrogens (tertiary/aromatic N) is 3. The summed E-state index contributed by atoms with van der Waals surface area (Å²) >= 11 is 11.5. The molecule has 0 bridgehead atoms. The first kappa shape index (κ1) is 10.6. The highest BCUT2D eigenvalue weighted by atomic mass is 35.5. The maximum atomic E-state index is 9.73. The molecular weight excluding hydrogens is 239 g/mol. The van der Waals surface area contributed by atoms with Crippen molar-refractivity contribution in [2.45, 2.75) is 19.4 Å². The number of nitrogens with one attached hydrogen (secondary N) is 1. The smallest absolute Gasteiger partial charge is 0.225 e. The predicted molar refractivity (Wildman–Crippen MR) is 56.9 cm³/mol. The van der Waals surface area contributed by atoms with Gasteiger partial charge < -0.3 is 10.1 Å². The lowest BCUT2D eigenvalue weighted by Gasteiger charge is -2.12. The van der Waals surface area contributed by atoms with E-state index in [1.54, 1.807) is 13.8 Å². The molecule has 0 aliphatic rings. The van der Waals surface area contributed by atoms with E-state index in [2.05, 4.69) is 19.9 Å². The first-order valence-electron chi connectivity index (χ1n) is 4.19. The monoisotopic (exact) mass is 246 g/mol. The second-order valence-corrected chi connectivity index (χ2v) is 4.32. The van der Waals surface area contributed by atoms with E-state index in [-0.39, 0.29) is 10.4 Å². The van der Waals surface area contributed by atoms with Crippen molar-refractivity contribution in [1.29, 1.82) is 0 Å². The average Bonchev–Trinajstić information content (AvgIpc) is 2.46. The van der Waals surface area contributed by atoms with Gasteiger partial charge in [-0.2, -0.15) is 4.98 Å². The zero-order valence-electron chi connectivity index (χ0n) is 8.04. The van der Waals surface area contributed by atoms with Crippen molar-refractivity contribution in [1.82, 2.24) is 19.9 Å². The van der Waals surface area contributed by atoms with E-state index in [4.69, 9.17) is 23.2 Å². The van der Waals surface area contributed by atoms with Gasteiger partial charge in [-0.3, -0.25) is 0 Å². The number of H-pyrrole nitrogens is 1. The Kier molecular flexibility index (Phi) is 2.33. The summed E-state index contributed by atoms with van der Waals surface area (Å²) in [5.74, 6) is 0.371. The van der Waals surface area contributed by atoms with Crippen molar-refractivity contribution >= 4 is 34.4 Å². The number of aliphatic hydroxyl groups is 1. The minimum atomic E-state index is -1.09. The highest BCUT2D eigenvalue weighted by Crippen LogP contribution is 2.24. The van der Waals surface area contributed by atoms with Gasteiger partial charge in [0.15, 0.2) is 10.8 Å². The standard InChI is InChI=1S/C8H8Cl2N4O/c1-8(2,15)6-11-3-4(9)12-7(10)14-5(3)13-6/h15H,1-2H3,(H,11,12,13,14). The van der Waals surface area contributed by atoms with Crippen molar-refractivity contribution in [3.05, 3.63) is 16.3 Å². The van der Waals surface area contributed by atoms with Crippen molar-refractivity contribution in [3.63, 3.8) is 0 Å². The lowest BCUT2D eigenvalue weighted by atomic mass is 10.1. The molecule has 0 atom stereocenters. The Morgan fingerprint density at radius 3 is 2.47 bits per heavy atom. The number of hydrogen-bond donors (Lipinski definition) is 2. The van der Waals surface area contributed by atoms with Crippen molar-refractivity contribution in [2.24, 2.45) is 0 Å². The molecule has 0 fully saturated rings. The molecule has 2 N–H and O–H groups in total. The summed E-state index contributed by atoms with van der Waals surface area (Å²) in [5.41, 5.74) is -0.272. The highest BCUT2D eigenvalue weighted by molar-refractivity contribution is 6.35. The van der Waals surface area contributed by atoms with Gasteiger partial charge in [-0.1, -0.05) is 11.6 Å². The number of aromatic amines is 1. The largest absolute Gasteiger partial charge is 0.383 e. The van der Waals surface area contributed by atoms with E-state index in [0.717, 1.165) is 0 Å². The average molecular weight is 247 g/mol. The molecule has 0 aromatic carbocycles. The van der Waals surface area contributed by atoms with E-state index in [1.807, 2.05) is 0 Å². The second kappa shape index (κ2) is 3.30. The molecule has 2 rings (SSSR count). The maximum absolute atomic E-state index is 9.73. The molecule has 2 heterocycles. The Morgan fingerprint density at radius 1 is 1.20 bits per heavy atom. The summed E-state index contributed by atoms with van der Waals surface area (Å²) in [5, 5.41) is 9.94. The third kappa shape index (κ3) is 1.90. The molecule has 0 spiro atoms. The number of aromatic nitrogens is 4. The Bertz CT molecular complexity index is 517. The molecule has 0 saturated heterocycles. The van der Waals surface area contributed by atoms with E-state index in [9.17, 15) is 5.11 Å². The zero-order valence-corrected chi connectivity index (χ0v) is 9.56. The SMILES string of the molecule is CC(C)(O)c1nc2c(Cl)nc(Cl)nc2[nH]1. The fourth-order valence-electron chi connectivity index (χ4n) is 1.13. The van der Waals surface area contributed by atoms with E-state index < -0.39 is 5.60 Å². The third-order valence-corrected chi connectivity index (χ3v) is 2.29. The lowest BCUT2D eigenvalue weighted by Crippen LogP contribution is -2.17. The number of fused-ring (bicyclic) bond motifs is 1. The molecule has 80 valence electrons. The van der Waals surface area contributed by atoms with Gasteiger partial charge in [0.1, 0.15) is 16.9 Å². The van der Waals surface area contributed by atoms with E-state index in [1.165, 1.54) is 0 Å². The van der Waals surface area contributed by atoms with Gasteiger partial charge >= 0.3 is 0 Å². The van der Waals surface area contributed by atoms with Crippen LogP contribution in [0.25, 0.3) is 11.2 Å². The molecule has 0 amide bonds. The Hall–Kier alpha value is -0.910. The summed E-state index contributed by atoms with van der Waals surface area (Å²) in [6, 6.07) is 0. The molecule has 0 aliphatic carbocycles. The number of imidazole rings is 1. The van der Waals surface area contributed by atoms with Crippen molar-refractivity contribution in [3.8, 4) is 0 Å². The molecule has 2 aromatic heterocycles. The van der Waals surface area contributed by atoms with Gasteiger partial charge in [-0.15, -0.1) is 0 Å². The van der Waals surface area contributed by atoms with Crippen LogP contribution in [0.1, 0.15) is 19.7 Å².